The fraction of sp³-hybridized carbons (Fsp3) is 0.680. The van der Waals surface area contributed by atoms with Crippen molar-refractivity contribution in [3.8, 4) is 0 Å². The molecule has 1 rings (SSSR count). The third-order valence-corrected chi connectivity index (χ3v) is 6.90. The number of unbranched alkanes of at least 4 members (excludes halogenated alkanes) is 10. The minimum atomic E-state index is -4.57. The first kappa shape index (κ1) is 33.7. The molecule has 7 nitrogen and oxygen atoms in total. The average molecular weight is 523 g/mol. The summed E-state index contributed by atoms with van der Waals surface area (Å²) in [5.74, 6) is -1.49. The van der Waals surface area contributed by atoms with Gasteiger partial charge in [-0.25, -0.2) is 18.0 Å². The SMILES string of the molecule is CCCCCCCCCCCCCOC(=O)c1ccccc1C(=O)OCC(CC)S(=O)(=O)[O-].[K+]. The van der Waals surface area contributed by atoms with E-state index in [0.717, 1.165) is 19.3 Å². The number of ether oxygens (including phenoxy) is 2. The Bertz CT molecular complexity index is 811. The van der Waals surface area contributed by atoms with E-state index >= 15 is 0 Å². The Kier molecular flexibility index (Phi) is 19.7. The zero-order valence-corrected chi connectivity index (χ0v) is 25.0. The molecule has 1 unspecified atom stereocenters. The number of carbonyl (C=O) groups is 2. The minimum Gasteiger partial charge on any atom is -0.748 e. The molecule has 1 aromatic rings. The molecule has 1 aromatic carbocycles. The van der Waals surface area contributed by atoms with E-state index in [9.17, 15) is 22.6 Å². The van der Waals surface area contributed by atoms with Crippen LogP contribution in [0.15, 0.2) is 24.3 Å². The molecule has 0 bridgehead atoms. The van der Waals surface area contributed by atoms with E-state index in [1.807, 2.05) is 0 Å². The Morgan fingerprint density at radius 3 is 1.68 bits per heavy atom. The Morgan fingerprint density at radius 1 is 0.794 bits per heavy atom. The summed E-state index contributed by atoms with van der Waals surface area (Å²) >= 11 is 0. The number of benzene rings is 1. The van der Waals surface area contributed by atoms with Gasteiger partial charge in [-0.3, -0.25) is 0 Å². The molecule has 188 valence electrons. The standard InChI is InChI=1S/C25H40O7S.K/c1-3-5-6-7-8-9-10-11-12-13-16-19-31-24(26)22-17-14-15-18-23(22)25(27)32-20-21(4-2)33(28,29)30;/h14-15,17-18,21H,3-13,16,19-20H2,1-2H3,(H,28,29,30);/q;+1/p-1. The second-order valence-corrected chi connectivity index (χ2v) is 9.99. The molecular formula is C25H39KO7S. The topological polar surface area (TPSA) is 110 Å². The van der Waals surface area contributed by atoms with Crippen molar-refractivity contribution in [2.75, 3.05) is 13.2 Å². The molecule has 0 radical (unpaired) electrons. The second kappa shape index (κ2) is 19.8. The minimum absolute atomic E-state index is 0. The smallest absolute Gasteiger partial charge is 0.748 e. The monoisotopic (exact) mass is 522 g/mol. The van der Waals surface area contributed by atoms with Crippen molar-refractivity contribution in [2.24, 2.45) is 0 Å². The summed E-state index contributed by atoms with van der Waals surface area (Å²) in [6.45, 7) is 3.46. The summed E-state index contributed by atoms with van der Waals surface area (Å²) in [4.78, 5) is 24.8. The summed E-state index contributed by atoms with van der Waals surface area (Å²) in [5, 5.41) is -1.32. The average Bonchev–Trinajstić information content (AvgIpc) is 2.79. The van der Waals surface area contributed by atoms with Crippen LogP contribution in [0.1, 0.15) is 112 Å². The molecule has 0 fully saturated rings. The van der Waals surface area contributed by atoms with Gasteiger partial charge >= 0.3 is 63.3 Å². The molecule has 0 heterocycles. The van der Waals surface area contributed by atoms with E-state index in [2.05, 4.69) is 6.92 Å². The van der Waals surface area contributed by atoms with Gasteiger partial charge in [0.1, 0.15) is 16.7 Å². The number of carbonyl (C=O) groups excluding carboxylic acids is 2. The van der Waals surface area contributed by atoms with Gasteiger partial charge in [-0.15, -0.1) is 0 Å². The zero-order chi connectivity index (χ0) is 24.5. The molecule has 0 saturated heterocycles. The molecule has 0 spiro atoms. The van der Waals surface area contributed by atoms with Crippen LogP contribution in [0, 0.1) is 0 Å². The van der Waals surface area contributed by atoms with E-state index in [1.54, 1.807) is 12.1 Å². The Hall–Kier alpha value is -0.294. The van der Waals surface area contributed by atoms with Gasteiger partial charge in [0.05, 0.1) is 23.0 Å². The van der Waals surface area contributed by atoms with Crippen LogP contribution in [0.2, 0.25) is 0 Å². The van der Waals surface area contributed by atoms with E-state index in [0.29, 0.717) is 0 Å². The number of rotatable bonds is 18. The van der Waals surface area contributed by atoms with Crippen LogP contribution in [-0.4, -0.2) is 43.4 Å². The predicted molar refractivity (Wildman–Crippen MR) is 127 cm³/mol. The Labute approximate surface area is 247 Å². The maximum absolute atomic E-state index is 12.4. The summed E-state index contributed by atoms with van der Waals surface area (Å²) in [7, 11) is -4.57. The van der Waals surface area contributed by atoms with Crippen LogP contribution >= 0.6 is 0 Å². The molecule has 0 aromatic heterocycles. The van der Waals surface area contributed by atoms with Crippen LogP contribution in [0.25, 0.3) is 0 Å². The van der Waals surface area contributed by atoms with E-state index < -0.39 is 33.9 Å². The molecule has 0 aliphatic rings. The first-order valence-corrected chi connectivity index (χ1v) is 13.7. The van der Waals surface area contributed by atoms with Crippen LogP contribution in [0.3, 0.4) is 0 Å². The van der Waals surface area contributed by atoms with Gasteiger partial charge in [-0.1, -0.05) is 90.2 Å². The van der Waals surface area contributed by atoms with Crippen LogP contribution in [-0.2, 0) is 19.6 Å². The Balaban J connectivity index is 0.0000109. The first-order chi connectivity index (χ1) is 15.8. The van der Waals surface area contributed by atoms with Gasteiger partial charge in [0, 0.05) is 0 Å². The van der Waals surface area contributed by atoms with E-state index in [-0.39, 0.29) is 75.5 Å². The van der Waals surface area contributed by atoms with Crippen molar-refractivity contribution in [1.82, 2.24) is 0 Å². The van der Waals surface area contributed by atoms with Gasteiger partial charge in [0.25, 0.3) is 0 Å². The predicted octanol–water partition coefficient (Wildman–Crippen LogP) is 2.64. The van der Waals surface area contributed by atoms with Gasteiger partial charge in [-0.2, -0.15) is 0 Å². The fourth-order valence-corrected chi connectivity index (χ4v) is 4.14. The van der Waals surface area contributed by atoms with Crippen molar-refractivity contribution in [1.29, 1.82) is 0 Å². The molecular weight excluding hydrogens is 483 g/mol. The number of hydrogen-bond donors (Lipinski definition) is 0. The van der Waals surface area contributed by atoms with Gasteiger partial charge < -0.3 is 14.0 Å². The number of esters is 2. The van der Waals surface area contributed by atoms with Crippen LogP contribution in [0.4, 0.5) is 0 Å². The van der Waals surface area contributed by atoms with Crippen molar-refractivity contribution in [3.05, 3.63) is 35.4 Å². The summed E-state index contributed by atoms with van der Waals surface area (Å²) < 4.78 is 43.8. The number of hydrogen-bond acceptors (Lipinski definition) is 7. The van der Waals surface area contributed by atoms with Gasteiger partial charge in [-0.05, 0) is 25.0 Å². The molecule has 0 aliphatic carbocycles. The molecule has 0 aliphatic heterocycles. The van der Waals surface area contributed by atoms with Gasteiger partial charge in [0.15, 0.2) is 0 Å². The quantitative estimate of drug-likeness (QED) is 0.126. The van der Waals surface area contributed by atoms with E-state index in [1.165, 1.54) is 70.4 Å². The third-order valence-electron chi connectivity index (χ3n) is 5.61. The molecule has 0 saturated carbocycles. The molecule has 1 atom stereocenters. The summed E-state index contributed by atoms with van der Waals surface area (Å²) in [6.07, 6.45) is 13.2. The first-order valence-electron chi connectivity index (χ1n) is 12.2. The fourth-order valence-electron chi connectivity index (χ4n) is 3.50. The van der Waals surface area contributed by atoms with Crippen molar-refractivity contribution in [3.63, 3.8) is 0 Å². The molecule has 34 heavy (non-hydrogen) atoms. The van der Waals surface area contributed by atoms with Crippen molar-refractivity contribution >= 4 is 22.1 Å². The molecule has 0 amide bonds. The molecule has 0 N–H and O–H groups in total. The Morgan fingerprint density at radius 2 is 1.24 bits per heavy atom. The van der Waals surface area contributed by atoms with E-state index in [4.69, 9.17) is 9.47 Å². The van der Waals surface area contributed by atoms with Crippen LogP contribution in [0.5, 0.6) is 0 Å². The second-order valence-electron chi connectivity index (χ2n) is 8.34. The normalized spacial score (nSPS) is 12.0. The van der Waals surface area contributed by atoms with Crippen molar-refractivity contribution < 1.29 is 83.4 Å². The largest absolute Gasteiger partial charge is 1.00 e. The zero-order valence-electron chi connectivity index (χ0n) is 21.1. The summed E-state index contributed by atoms with van der Waals surface area (Å²) in [6, 6.07) is 6.04. The van der Waals surface area contributed by atoms with Crippen LogP contribution < -0.4 is 51.4 Å². The summed E-state index contributed by atoms with van der Waals surface area (Å²) in [5.41, 5.74) is 0.0446. The van der Waals surface area contributed by atoms with Crippen molar-refractivity contribution in [2.45, 2.75) is 96.1 Å². The molecule has 9 heteroatoms. The van der Waals surface area contributed by atoms with Gasteiger partial charge in [0.2, 0.25) is 0 Å². The maximum Gasteiger partial charge on any atom is 1.00 e. The maximum atomic E-state index is 12.4. The third kappa shape index (κ3) is 14.3.